The Morgan fingerprint density at radius 1 is 1.44 bits per heavy atom. The van der Waals surface area contributed by atoms with E-state index >= 15 is 0 Å². The van der Waals surface area contributed by atoms with E-state index in [4.69, 9.17) is 5.11 Å². The van der Waals surface area contributed by atoms with Crippen LogP contribution < -0.4 is 5.32 Å². The highest BCUT2D eigenvalue weighted by atomic mass is 32.1. The third kappa shape index (κ3) is 2.10. The van der Waals surface area contributed by atoms with Crippen LogP contribution in [0.5, 0.6) is 0 Å². The summed E-state index contributed by atoms with van der Waals surface area (Å²) in [5.41, 5.74) is 2.22. The fourth-order valence-electron chi connectivity index (χ4n) is 1.36. The molecule has 0 fully saturated rings. The van der Waals surface area contributed by atoms with E-state index in [1.165, 1.54) is 11.3 Å². The highest BCUT2D eigenvalue weighted by Gasteiger charge is 2.08. The molecule has 0 aliphatic carbocycles. The molecule has 2 N–H and O–H groups in total. The van der Waals surface area contributed by atoms with Gasteiger partial charge in [0.15, 0.2) is 0 Å². The van der Waals surface area contributed by atoms with E-state index < -0.39 is 0 Å². The predicted molar refractivity (Wildman–Crippen MR) is 63.2 cm³/mol. The maximum atomic E-state index is 10.5. The van der Waals surface area contributed by atoms with Crippen molar-refractivity contribution >= 4 is 23.4 Å². The third-order valence-corrected chi connectivity index (χ3v) is 3.01. The Bertz CT molecular complexity index is 496. The molecule has 1 heterocycles. The van der Waals surface area contributed by atoms with Gasteiger partial charge in [-0.2, -0.15) is 0 Å². The summed E-state index contributed by atoms with van der Waals surface area (Å²) in [4.78, 5) is 14.7. The van der Waals surface area contributed by atoms with Crippen LogP contribution in [-0.2, 0) is 11.4 Å². The largest absolute Gasteiger partial charge is 0.390 e. The van der Waals surface area contributed by atoms with Gasteiger partial charge in [-0.25, -0.2) is 4.98 Å². The molecule has 5 heteroatoms. The third-order valence-electron chi connectivity index (χ3n) is 2.09. The van der Waals surface area contributed by atoms with E-state index in [1.807, 2.05) is 24.3 Å². The lowest BCUT2D eigenvalue weighted by Crippen LogP contribution is -1.95. The molecule has 2 rings (SSSR count). The van der Waals surface area contributed by atoms with E-state index in [1.54, 1.807) is 5.38 Å². The molecule has 0 saturated carbocycles. The Morgan fingerprint density at radius 2 is 2.25 bits per heavy atom. The zero-order chi connectivity index (χ0) is 11.4. The topological polar surface area (TPSA) is 62.2 Å². The highest BCUT2D eigenvalue weighted by molar-refractivity contribution is 7.13. The first-order valence-corrected chi connectivity index (χ1v) is 5.58. The summed E-state index contributed by atoms with van der Waals surface area (Å²) in [6.45, 7) is -0.0697. The number of aromatic nitrogens is 1. The van der Waals surface area contributed by atoms with Gasteiger partial charge in [-0.1, -0.05) is 12.1 Å². The van der Waals surface area contributed by atoms with Crippen LogP contribution in [0.25, 0.3) is 10.6 Å². The number of nitrogens with zero attached hydrogens (tertiary/aromatic N) is 1. The quantitative estimate of drug-likeness (QED) is 0.794. The fourth-order valence-corrected chi connectivity index (χ4v) is 2.21. The molecular weight excluding hydrogens is 224 g/mol. The Kier molecular flexibility index (Phi) is 3.28. The molecule has 0 aliphatic rings. The lowest BCUT2D eigenvalue weighted by Gasteiger charge is -2.04. The van der Waals surface area contributed by atoms with Crippen LogP contribution >= 0.6 is 11.3 Å². The van der Waals surface area contributed by atoms with Gasteiger partial charge in [-0.3, -0.25) is 4.79 Å². The molecule has 0 radical (unpaired) electrons. The number of aliphatic hydroxyl groups is 1. The molecule has 0 atom stereocenters. The second-order valence-electron chi connectivity index (χ2n) is 3.11. The van der Waals surface area contributed by atoms with Crippen LogP contribution in [0.4, 0.5) is 5.69 Å². The summed E-state index contributed by atoms with van der Waals surface area (Å²) in [6, 6.07) is 7.41. The van der Waals surface area contributed by atoms with Gasteiger partial charge in [-0.15, -0.1) is 11.3 Å². The fraction of sp³-hybridized carbons (Fsp3) is 0.0909. The van der Waals surface area contributed by atoms with Crippen molar-refractivity contribution in [1.29, 1.82) is 0 Å². The summed E-state index contributed by atoms with van der Waals surface area (Å²) in [5, 5.41) is 14.2. The number of nitrogens with one attached hydrogen (secondary N) is 1. The molecule has 1 aromatic heterocycles. The minimum atomic E-state index is -0.0697. The van der Waals surface area contributed by atoms with Crippen LogP contribution in [-0.4, -0.2) is 16.5 Å². The monoisotopic (exact) mass is 234 g/mol. The van der Waals surface area contributed by atoms with Crippen molar-refractivity contribution in [2.45, 2.75) is 6.61 Å². The van der Waals surface area contributed by atoms with Gasteiger partial charge in [0.25, 0.3) is 0 Å². The van der Waals surface area contributed by atoms with E-state index in [9.17, 15) is 4.79 Å². The van der Waals surface area contributed by atoms with Gasteiger partial charge in [0.05, 0.1) is 18.0 Å². The van der Waals surface area contributed by atoms with Crippen molar-refractivity contribution in [3.8, 4) is 10.6 Å². The Hall–Kier alpha value is -1.72. The molecule has 0 saturated heterocycles. The van der Waals surface area contributed by atoms with Crippen molar-refractivity contribution in [1.82, 2.24) is 4.98 Å². The Morgan fingerprint density at radius 3 is 2.94 bits per heavy atom. The molecule has 1 amide bonds. The van der Waals surface area contributed by atoms with Gasteiger partial charge in [0, 0.05) is 10.9 Å². The van der Waals surface area contributed by atoms with Gasteiger partial charge < -0.3 is 10.4 Å². The van der Waals surface area contributed by atoms with Crippen molar-refractivity contribution in [2.75, 3.05) is 5.32 Å². The molecule has 82 valence electrons. The standard InChI is InChI=1S/C11H10N2O2S/c14-5-8-6-16-11(13-8)9-3-1-2-4-10(9)12-7-15/h1-4,6-7,14H,5H2,(H,12,15). The lowest BCUT2D eigenvalue weighted by atomic mass is 10.2. The number of amides is 1. The summed E-state index contributed by atoms with van der Waals surface area (Å²) in [5.74, 6) is 0. The minimum Gasteiger partial charge on any atom is -0.390 e. The Labute approximate surface area is 96.6 Å². The summed E-state index contributed by atoms with van der Waals surface area (Å²) >= 11 is 1.44. The number of carbonyl (C=O) groups is 1. The maximum Gasteiger partial charge on any atom is 0.211 e. The number of anilines is 1. The first-order chi connectivity index (χ1) is 7.85. The molecule has 4 nitrogen and oxygen atoms in total. The first-order valence-electron chi connectivity index (χ1n) is 4.70. The van der Waals surface area contributed by atoms with E-state index in [0.29, 0.717) is 12.1 Å². The number of hydrogen-bond acceptors (Lipinski definition) is 4. The van der Waals surface area contributed by atoms with Crippen molar-refractivity contribution in [2.24, 2.45) is 0 Å². The number of para-hydroxylation sites is 1. The second-order valence-corrected chi connectivity index (χ2v) is 3.97. The number of benzene rings is 1. The maximum absolute atomic E-state index is 10.5. The van der Waals surface area contributed by atoms with E-state index in [0.717, 1.165) is 16.3 Å². The number of rotatable bonds is 4. The Balaban J connectivity index is 2.42. The lowest BCUT2D eigenvalue weighted by molar-refractivity contribution is -0.105. The average Bonchev–Trinajstić information content (AvgIpc) is 2.79. The van der Waals surface area contributed by atoms with Crippen LogP contribution in [0.3, 0.4) is 0 Å². The number of hydrogen-bond donors (Lipinski definition) is 2. The van der Waals surface area contributed by atoms with Gasteiger partial charge in [0.2, 0.25) is 6.41 Å². The molecule has 16 heavy (non-hydrogen) atoms. The first kappa shape index (κ1) is 10.8. The molecule has 0 unspecified atom stereocenters. The molecule has 2 aromatic rings. The minimum absolute atomic E-state index is 0.0697. The van der Waals surface area contributed by atoms with Crippen molar-refractivity contribution < 1.29 is 9.90 Å². The zero-order valence-corrected chi connectivity index (χ0v) is 9.20. The SMILES string of the molecule is O=CNc1ccccc1-c1nc(CO)cs1. The number of thiazole rings is 1. The summed E-state index contributed by atoms with van der Waals surface area (Å²) in [6.07, 6.45) is 0.638. The van der Waals surface area contributed by atoms with Crippen LogP contribution in [0, 0.1) is 0 Å². The highest BCUT2D eigenvalue weighted by Crippen LogP contribution is 2.30. The van der Waals surface area contributed by atoms with Crippen LogP contribution in [0.15, 0.2) is 29.6 Å². The molecule has 0 spiro atoms. The summed E-state index contributed by atoms with van der Waals surface area (Å²) in [7, 11) is 0. The van der Waals surface area contributed by atoms with E-state index in [-0.39, 0.29) is 6.61 Å². The second kappa shape index (κ2) is 4.87. The van der Waals surface area contributed by atoms with Crippen molar-refractivity contribution in [3.05, 3.63) is 35.3 Å². The van der Waals surface area contributed by atoms with Gasteiger partial charge in [-0.05, 0) is 12.1 Å². The van der Waals surface area contributed by atoms with Gasteiger partial charge >= 0.3 is 0 Å². The van der Waals surface area contributed by atoms with Crippen LogP contribution in [0.2, 0.25) is 0 Å². The zero-order valence-electron chi connectivity index (χ0n) is 8.38. The van der Waals surface area contributed by atoms with Gasteiger partial charge in [0.1, 0.15) is 5.01 Å². The predicted octanol–water partition coefficient (Wildman–Crippen LogP) is 1.87. The van der Waals surface area contributed by atoms with E-state index in [2.05, 4.69) is 10.3 Å². The number of aliphatic hydroxyl groups excluding tert-OH is 1. The van der Waals surface area contributed by atoms with Crippen molar-refractivity contribution in [3.63, 3.8) is 0 Å². The smallest absolute Gasteiger partial charge is 0.211 e. The molecular formula is C11H10N2O2S. The average molecular weight is 234 g/mol. The van der Waals surface area contributed by atoms with Crippen LogP contribution in [0.1, 0.15) is 5.69 Å². The molecule has 0 bridgehead atoms. The summed E-state index contributed by atoms with van der Waals surface area (Å²) < 4.78 is 0. The molecule has 0 aliphatic heterocycles. The molecule has 1 aromatic carbocycles. The number of carbonyl (C=O) groups excluding carboxylic acids is 1. The normalized spacial score (nSPS) is 10.1.